The molecule has 0 spiro atoms. The van der Waals surface area contributed by atoms with Crippen molar-refractivity contribution in [1.82, 2.24) is 9.80 Å². The molecule has 144 valence electrons. The van der Waals surface area contributed by atoms with E-state index in [2.05, 4.69) is 0 Å². The summed E-state index contributed by atoms with van der Waals surface area (Å²) in [5.74, 6) is 0.930. The lowest BCUT2D eigenvalue weighted by Crippen LogP contribution is -2.44. The fourth-order valence-electron chi connectivity index (χ4n) is 3.11. The van der Waals surface area contributed by atoms with E-state index in [0.717, 1.165) is 37.9 Å². The van der Waals surface area contributed by atoms with Crippen LogP contribution >= 0.6 is 24.0 Å². The number of hydrogen-bond acceptors (Lipinski definition) is 6. The number of carbonyl (C=O) groups excluding carboxylic acids is 2. The van der Waals surface area contributed by atoms with Crippen LogP contribution in [0.3, 0.4) is 0 Å². The number of likely N-dealkylation sites (tertiary alicyclic amines) is 1. The first-order valence-electron chi connectivity index (χ1n) is 8.78. The van der Waals surface area contributed by atoms with E-state index in [9.17, 15) is 9.59 Å². The maximum Gasteiger partial charge on any atom is 0.266 e. The molecule has 3 rings (SSSR count). The largest absolute Gasteiger partial charge is 0.493 e. The predicted molar refractivity (Wildman–Crippen MR) is 110 cm³/mol. The van der Waals surface area contributed by atoms with Gasteiger partial charge in [-0.3, -0.25) is 14.5 Å². The Morgan fingerprint density at radius 3 is 2.56 bits per heavy atom. The average Bonchev–Trinajstić information content (AvgIpc) is 2.95. The number of nitrogens with zero attached hydrogens (tertiary/aromatic N) is 2. The summed E-state index contributed by atoms with van der Waals surface area (Å²) in [5, 5.41) is 0. The highest BCUT2D eigenvalue weighted by Gasteiger charge is 2.34. The number of benzene rings is 1. The Labute approximate surface area is 168 Å². The molecule has 2 fully saturated rings. The monoisotopic (exact) mass is 406 g/mol. The number of methoxy groups -OCH3 is 2. The standard InChI is InChI=1S/C19H22N2O4S2/c1-24-14-7-6-13(10-15(14)25-2)11-16-18(23)21(19(26)27-16)12-17(22)20-8-4-3-5-9-20/h6-7,10-11H,3-5,8-9,12H2,1-2H3. The maximum atomic E-state index is 12.7. The summed E-state index contributed by atoms with van der Waals surface area (Å²) in [6.45, 7) is 1.53. The minimum Gasteiger partial charge on any atom is -0.493 e. The van der Waals surface area contributed by atoms with Crippen LogP contribution in [0.5, 0.6) is 11.5 Å². The number of amides is 2. The molecule has 2 amide bonds. The first-order valence-corrected chi connectivity index (χ1v) is 10.0. The Kier molecular flexibility index (Phi) is 6.38. The summed E-state index contributed by atoms with van der Waals surface area (Å²) in [6, 6.07) is 5.42. The minimum absolute atomic E-state index is 0.00788. The van der Waals surface area contributed by atoms with Crippen molar-refractivity contribution >= 4 is 46.2 Å². The number of carbonyl (C=O) groups is 2. The maximum absolute atomic E-state index is 12.7. The first-order chi connectivity index (χ1) is 13.0. The molecule has 1 aromatic rings. The molecule has 1 aromatic carbocycles. The van der Waals surface area contributed by atoms with Gasteiger partial charge in [-0.15, -0.1) is 0 Å². The van der Waals surface area contributed by atoms with Gasteiger partial charge in [0.05, 0.1) is 19.1 Å². The molecule has 0 bridgehead atoms. The van der Waals surface area contributed by atoms with Gasteiger partial charge < -0.3 is 14.4 Å². The molecule has 0 aliphatic carbocycles. The average molecular weight is 407 g/mol. The van der Waals surface area contributed by atoms with E-state index in [1.807, 2.05) is 11.0 Å². The molecule has 27 heavy (non-hydrogen) atoms. The Morgan fingerprint density at radius 1 is 1.19 bits per heavy atom. The lowest BCUT2D eigenvalue weighted by Gasteiger charge is -2.28. The highest BCUT2D eigenvalue weighted by molar-refractivity contribution is 8.26. The predicted octanol–water partition coefficient (Wildman–Crippen LogP) is 2.92. The first kappa shape index (κ1) is 19.7. The molecule has 0 radical (unpaired) electrons. The van der Waals surface area contributed by atoms with Crippen LogP contribution in [-0.4, -0.2) is 59.8 Å². The van der Waals surface area contributed by atoms with E-state index in [1.165, 1.54) is 16.7 Å². The van der Waals surface area contributed by atoms with Gasteiger partial charge in [-0.1, -0.05) is 30.0 Å². The smallest absolute Gasteiger partial charge is 0.266 e. The van der Waals surface area contributed by atoms with E-state index in [0.29, 0.717) is 20.7 Å². The zero-order valence-electron chi connectivity index (χ0n) is 15.4. The molecule has 6 nitrogen and oxygen atoms in total. The van der Waals surface area contributed by atoms with E-state index in [4.69, 9.17) is 21.7 Å². The van der Waals surface area contributed by atoms with Crippen LogP contribution in [0.2, 0.25) is 0 Å². The number of thiocarbonyl (C=S) groups is 1. The molecule has 2 heterocycles. The van der Waals surface area contributed by atoms with Crippen LogP contribution in [-0.2, 0) is 9.59 Å². The Bertz CT molecular complexity index is 788. The quantitative estimate of drug-likeness (QED) is 0.554. The molecule has 2 aliphatic heterocycles. The highest BCUT2D eigenvalue weighted by Crippen LogP contribution is 2.34. The molecular weight excluding hydrogens is 384 g/mol. The number of hydrogen-bond donors (Lipinski definition) is 0. The number of thioether (sulfide) groups is 1. The van der Waals surface area contributed by atoms with Gasteiger partial charge in [0.25, 0.3) is 5.91 Å². The normalized spacial score (nSPS) is 19.0. The molecule has 2 aliphatic rings. The van der Waals surface area contributed by atoms with Crippen molar-refractivity contribution < 1.29 is 19.1 Å². The summed E-state index contributed by atoms with van der Waals surface area (Å²) < 4.78 is 10.9. The van der Waals surface area contributed by atoms with Gasteiger partial charge in [-0.05, 0) is 43.0 Å². The van der Waals surface area contributed by atoms with Gasteiger partial charge in [-0.2, -0.15) is 0 Å². The summed E-state index contributed by atoms with van der Waals surface area (Å²) >= 11 is 6.55. The second-order valence-electron chi connectivity index (χ2n) is 6.32. The molecule has 2 saturated heterocycles. The number of piperidine rings is 1. The van der Waals surface area contributed by atoms with Gasteiger partial charge in [0.2, 0.25) is 5.91 Å². The fraction of sp³-hybridized carbons (Fsp3) is 0.421. The molecule has 0 saturated carbocycles. The van der Waals surface area contributed by atoms with E-state index in [1.54, 1.807) is 32.4 Å². The fourth-order valence-corrected chi connectivity index (χ4v) is 4.36. The molecular formula is C19H22N2O4S2. The third kappa shape index (κ3) is 4.44. The summed E-state index contributed by atoms with van der Waals surface area (Å²) in [5.41, 5.74) is 0.801. The topological polar surface area (TPSA) is 59.1 Å². The number of rotatable bonds is 5. The summed E-state index contributed by atoms with van der Waals surface area (Å²) in [4.78, 5) is 28.9. The zero-order chi connectivity index (χ0) is 19.4. The van der Waals surface area contributed by atoms with Crippen LogP contribution in [0, 0.1) is 0 Å². The highest BCUT2D eigenvalue weighted by atomic mass is 32.2. The van der Waals surface area contributed by atoms with Gasteiger partial charge in [0.15, 0.2) is 11.5 Å². The lowest BCUT2D eigenvalue weighted by atomic mass is 10.1. The molecule has 0 atom stereocenters. The summed E-state index contributed by atoms with van der Waals surface area (Å²) in [7, 11) is 3.13. The van der Waals surface area contributed by atoms with Crippen molar-refractivity contribution in [3.63, 3.8) is 0 Å². The third-order valence-corrected chi connectivity index (χ3v) is 5.96. The molecule has 0 unspecified atom stereocenters. The molecule has 0 aromatic heterocycles. The van der Waals surface area contributed by atoms with E-state index < -0.39 is 0 Å². The van der Waals surface area contributed by atoms with Crippen molar-refractivity contribution in [3.8, 4) is 11.5 Å². The lowest BCUT2D eigenvalue weighted by molar-refractivity contribution is -0.136. The van der Waals surface area contributed by atoms with Crippen molar-refractivity contribution in [2.75, 3.05) is 33.9 Å². The van der Waals surface area contributed by atoms with Crippen LogP contribution in [0.25, 0.3) is 6.08 Å². The van der Waals surface area contributed by atoms with Crippen LogP contribution in [0.15, 0.2) is 23.1 Å². The molecule has 0 N–H and O–H groups in total. The van der Waals surface area contributed by atoms with E-state index >= 15 is 0 Å². The number of ether oxygens (including phenoxy) is 2. The van der Waals surface area contributed by atoms with Crippen LogP contribution < -0.4 is 9.47 Å². The van der Waals surface area contributed by atoms with Crippen molar-refractivity contribution in [2.24, 2.45) is 0 Å². The minimum atomic E-state index is -0.231. The second-order valence-corrected chi connectivity index (χ2v) is 8.00. The summed E-state index contributed by atoms with van der Waals surface area (Å²) in [6.07, 6.45) is 4.94. The van der Waals surface area contributed by atoms with E-state index in [-0.39, 0.29) is 18.4 Å². The van der Waals surface area contributed by atoms with Crippen molar-refractivity contribution in [2.45, 2.75) is 19.3 Å². The zero-order valence-corrected chi connectivity index (χ0v) is 17.0. The Morgan fingerprint density at radius 2 is 1.89 bits per heavy atom. The SMILES string of the molecule is COc1ccc(C=C2SC(=S)N(CC(=O)N3CCCCC3)C2=O)cc1OC. The van der Waals surface area contributed by atoms with Gasteiger partial charge in [0, 0.05) is 13.1 Å². The van der Waals surface area contributed by atoms with Gasteiger partial charge in [0.1, 0.15) is 10.9 Å². The van der Waals surface area contributed by atoms with Crippen LogP contribution in [0.1, 0.15) is 24.8 Å². The Hall–Kier alpha value is -2.06. The second kappa shape index (κ2) is 8.75. The van der Waals surface area contributed by atoms with Gasteiger partial charge >= 0.3 is 0 Å². The Balaban J connectivity index is 1.73. The van der Waals surface area contributed by atoms with Gasteiger partial charge in [-0.25, -0.2) is 0 Å². The third-order valence-electron chi connectivity index (χ3n) is 4.58. The molecule has 8 heteroatoms. The van der Waals surface area contributed by atoms with Crippen LogP contribution in [0.4, 0.5) is 0 Å². The van der Waals surface area contributed by atoms with Crippen molar-refractivity contribution in [1.29, 1.82) is 0 Å². The van der Waals surface area contributed by atoms with Crippen molar-refractivity contribution in [3.05, 3.63) is 28.7 Å².